The van der Waals surface area contributed by atoms with Gasteiger partial charge >= 0.3 is 0 Å². The van der Waals surface area contributed by atoms with Gasteiger partial charge < -0.3 is 5.32 Å². The van der Waals surface area contributed by atoms with Crippen molar-refractivity contribution in [1.29, 1.82) is 0 Å². The molecule has 0 aromatic heterocycles. The Hall–Kier alpha value is -1.45. The molecule has 1 N–H and O–H groups in total. The molecule has 21 heavy (non-hydrogen) atoms. The summed E-state index contributed by atoms with van der Waals surface area (Å²) in [5.41, 5.74) is 2.92. The Morgan fingerprint density at radius 3 is 2.14 bits per heavy atom. The van der Waals surface area contributed by atoms with Gasteiger partial charge in [0.15, 0.2) is 0 Å². The average molecular weight is 310 g/mol. The molecule has 0 spiro atoms. The minimum Gasteiger partial charge on any atom is -0.316 e. The van der Waals surface area contributed by atoms with E-state index in [-0.39, 0.29) is 17.7 Å². The van der Waals surface area contributed by atoms with E-state index in [4.69, 9.17) is 11.6 Å². The summed E-state index contributed by atoms with van der Waals surface area (Å²) in [6.45, 7) is 1.90. The van der Waals surface area contributed by atoms with E-state index < -0.39 is 0 Å². The number of aryl methyl sites for hydroxylation is 1. The van der Waals surface area contributed by atoms with Crippen LogP contribution in [0.1, 0.15) is 16.7 Å². The van der Waals surface area contributed by atoms with E-state index in [9.17, 15) is 8.78 Å². The van der Waals surface area contributed by atoms with Crippen molar-refractivity contribution >= 4 is 11.6 Å². The number of rotatable bonds is 5. The van der Waals surface area contributed by atoms with Crippen molar-refractivity contribution in [3.05, 3.63) is 69.7 Å². The lowest BCUT2D eigenvalue weighted by Crippen LogP contribution is -2.30. The summed E-state index contributed by atoms with van der Waals surface area (Å²) in [5, 5.41) is 3.67. The van der Waals surface area contributed by atoms with E-state index >= 15 is 0 Å². The van der Waals surface area contributed by atoms with Crippen LogP contribution < -0.4 is 5.32 Å². The smallest absolute Gasteiger partial charge is 0.124 e. The number of hydrogen-bond donors (Lipinski definition) is 1. The zero-order valence-electron chi connectivity index (χ0n) is 12.1. The molecule has 0 fully saturated rings. The lowest BCUT2D eigenvalue weighted by Gasteiger charge is -2.18. The molecule has 0 heterocycles. The molecular weight excluding hydrogens is 292 g/mol. The predicted molar refractivity (Wildman–Crippen MR) is 82.8 cm³/mol. The summed E-state index contributed by atoms with van der Waals surface area (Å²) in [4.78, 5) is 0. The molecule has 2 rings (SSSR count). The summed E-state index contributed by atoms with van der Waals surface area (Å²) in [6.07, 6.45) is 1.45. The molecule has 0 bridgehead atoms. The molecule has 4 heteroatoms. The Labute approximate surface area is 128 Å². The van der Waals surface area contributed by atoms with Crippen molar-refractivity contribution in [2.75, 3.05) is 7.05 Å². The van der Waals surface area contributed by atoms with Crippen LogP contribution in [0, 0.1) is 18.6 Å². The first-order chi connectivity index (χ1) is 9.99. The molecule has 1 unspecified atom stereocenters. The van der Waals surface area contributed by atoms with Crippen LogP contribution in [0.25, 0.3) is 0 Å². The van der Waals surface area contributed by atoms with Crippen molar-refractivity contribution in [2.24, 2.45) is 0 Å². The molecule has 0 aliphatic rings. The van der Waals surface area contributed by atoms with Crippen molar-refractivity contribution in [1.82, 2.24) is 5.32 Å². The molecule has 1 atom stereocenters. The predicted octanol–water partition coefficient (Wildman–Crippen LogP) is 4.30. The van der Waals surface area contributed by atoms with Gasteiger partial charge in [-0.05, 0) is 67.8 Å². The second kappa shape index (κ2) is 7.01. The van der Waals surface area contributed by atoms with Gasteiger partial charge in [-0.3, -0.25) is 0 Å². The number of likely N-dealkylation sites (N-methyl/N-ethyl adjacent to an activating group) is 1. The SMILES string of the molecule is CNC(Cc1ccc(F)cc1C)Cc1ccc(F)cc1Cl. The molecule has 1 nitrogen and oxygen atoms in total. The van der Waals surface area contributed by atoms with Crippen LogP contribution in [-0.2, 0) is 12.8 Å². The van der Waals surface area contributed by atoms with Crippen molar-refractivity contribution in [3.63, 3.8) is 0 Å². The minimum absolute atomic E-state index is 0.150. The van der Waals surface area contributed by atoms with Crippen LogP contribution >= 0.6 is 11.6 Å². The lowest BCUT2D eigenvalue weighted by molar-refractivity contribution is 0.552. The molecule has 0 saturated carbocycles. The Balaban J connectivity index is 2.13. The highest BCUT2D eigenvalue weighted by atomic mass is 35.5. The third-order valence-electron chi connectivity index (χ3n) is 3.66. The number of nitrogens with one attached hydrogen (secondary N) is 1. The maximum Gasteiger partial charge on any atom is 0.124 e. The summed E-state index contributed by atoms with van der Waals surface area (Å²) < 4.78 is 26.2. The maximum atomic E-state index is 13.1. The topological polar surface area (TPSA) is 12.0 Å². The van der Waals surface area contributed by atoms with Gasteiger partial charge in [0.1, 0.15) is 11.6 Å². The third-order valence-corrected chi connectivity index (χ3v) is 4.01. The summed E-state index contributed by atoms with van der Waals surface area (Å²) >= 11 is 6.07. The van der Waals surface area contributed by atoms with Gasteiger partial charge in [0.25, 0.3) is 0 Å². The van der Waals surface area contributed by atoms with Crippen LogP contribution in [0.5, 0.6) is 0 Å². The Bertz CT molecular complexity index is 575. The molecular formula is C17H18ClF2N. The maximum absolute atomic E-state index is 13.1. The van der Waals surface area contributed by atoms with Crippen LogP contribution in [0.4, 0.5) is 8.78 Å². The Morgan fingerprint density at radius 1 is 1.00 bits per heavy atom. The second-order valence-corrected chi connectivity index (χ2v) is 5.61. The standard InChI is InChI=1S/C17H18ClF2N/c1-11-7-14(19)5-3-12(11)8-16(21-2)9-13-4-6-15(20)10-17(13)18/h3-7,10,16,21H,8-9H2,1-2H3. The fourth-order valence-corrected chi connectivity index (χ4v) is 2.63. The molecule has 0 aliphatic heterocycles. The van der Waals surface area contributed by atoms with Crippen molar-refractivity contribution in [2.45, 2.75) is 25.8 Å². The average Bonchev–Trinajstić information content (AvgIpc) is 2.43. The van der Waals surface area contributed by atoms with E-state index in [0.717, 1.165) is 23.1 Å². The quantitative estimate of drug-likeness (QED) is 0.868. The van der Waals surface area contributed by atoms with Crippen molar-refractivity contribution in [3.8, 4) is 0 Å². The van der Waals surface area contributed by atoms with Gasteiger partial charge in [-0.15, -0.1) is 0 Å². The molecule has 0 saturated heterocycles. The third kappa shape index (κ3) is 4.26. The Kier molecular flexibility index (Phi) is 5.32. The largest absolute Gasteiger partial charge is 0.316 e. The fraction of sp³-hybridized carbons (Fsp3) is 0.294. The van der Waals surface area contributed by atoms with E-state index in [1.54, 1.807) is 12.1 Å². The highest BCUT2D eigenvalue weighted by Crippen LogP contribution is 2.20. The number of halogens is 3. The molecule has 2 aromatic rings. The molecule has 112 valence electrons. The summed E-state index contributed by atoms with van der Waals surface area (Å²) in [5.74, 6) is -0.557. The zero-order chi connectivity index (χ0) is 15.4. The number of hydrogen-bond acceptors (Lipinski definition) is 1. The fourth-order valence-electron chi connectivity index (χ4n) is 2.38. The Morgan fingerprint density at radius 2 is 1.57 bits per heavy atom. The van der Waals surface area contributed by atoms with E-state index in [2.05, 4.69) is 5.32 Å². The second-order valence-electron chi connectivity index (χ2n) is 5.20. The van der Waals surface area contributed by atoms with Gasteiger partial charge in [0, 0.05) is 11.1 Å². The first-order valence-corrected chi connectivity index (χ1v) is 7.23. The van der Waals surface area contributed by atoms with Gasteiger partial charge in [-0.25, -0.2) is 8.78 Å². The van der Waals surface area contributed by atoms with E-state index in [1.807, 2.05) is 14.0 Å². The van der Waals surface area contributed by atoms with Crippen LogP contribution in [0.15, 0.2) is 36.4 Å². The van der Waals surface area contributed by atoms with Gasteiger partial charge in [-0.2, -0.15) is 0 Å². The monoisotopic (exact) mass is 309 g/mol. The minimum atomic E-state index is -0.334. The molecule has 0 amide bonds. The molecule has 0 radical (unpaired) electrons. The zero-order valence-corrected chi connectivity index (χ0v) is 12.8. The van der Waals surface area contributed by atoms with Crippen LogP contribution in [0.2, 0.25) is 5.02 Å². The first kappa shape index (κ1) is 15.9. The summed E-state index contributed by atoms with van der Waals surface area (Å²) in [7, 11) is 1.88. The van der Waals surface area contributed by atoms with Crippen LogP contribution in [-0.4, -0.2) is 13.1 Å². The van der Waals surface area contributed by atoms with Gasteiger partial charge in [-0.1, -0.05) is 23.7 Å². The number of benzene rings is 2. The van der Waals surface area contributed by atoms with Crippen molar-refractivity contribution < 1.29 is 8.78 Å². The van der Waals surface area contributed by atoms with Gasteiger partial charge in [0.2, 0.25) is 0 Å². The lowest BCUT2D eigenvalue weighted by atomic mass is 9.96. The molecule has 2 aromatic carbocycles. The van der Waals surface area contributed by atoms with Crippen LogP contribution in [0.3, 0.4) is 0 Å². The highest BCUT2D eigenvalue weighted by Gasteiger charge is 2.13. The normalized spacial score (nSPS) is 12.4. The highest BCUT2D eigenvalue weighted by molar-refractivity contribution is 6.31. The molecule has 0 aliphatic carbocycles. The van der Waals surface area contributed by atoms with E-state index in [1.165, 1.54) is 24.3 Å². The van der Waals surface area contributed by atoms with E-state index in [0.29, 0.717) is 11.4 Å². The van der Waals surface area contributed by atoms with Gasteiger partial charge in [0.05, 0.1) is 0 Å². The first-order valence-electron chi connectivity index (χ1n) is 6.86. The summed E-state index contributed by atoms with van der Waals surface area (Å²) in [6, 6.07) is 9.41.